The summed E-state index contributed by atoms with van der Waals surface area (Å²) in [5.41, 5.74) is 1.39. The second-order valence-electron chi connectivity index (χ2n) is 2.64. The Kier molecular flexibility index (Phi) is 7.66. The number of rotatable bonds is 2. The third kappa shape index (κ3) is 5.53. The maximum atomic E-state index is 10.9. The maximum absolute atomic E-state index is 10.9. The van der Waals surface area contributed by atoms with E-state index in [2.05, 4.69) is 15.3 Å². The zero-order valence-electron chi connectivity index (χ0n) is 8.28. The number of nitro groups is 1. The minimum absolute atomic E-state index is 0. The molecule has 0 aliphatic rings. The molecular formula is C8H8KN3O6. The first-order valence-electron chi connectivity index (χ1n) is 4.17. The van der Waals surface area contributed by atoms with Crippen LogP contribution in [0.5, 0.6) is 5.75 Å². The second kappa shape index (κ2) is 8.13. The summed E-state index contributed by atoms with van der Waals surface area (Å²) in [4.78, 5) is 31.1. The first-order chi connectivity index (χ1) is 8.02. The molecule has 92 valence electrons. The van der Waals surface area contributed by atoms with Gasteiger partial charge < -0.3 is 9.47 Å². The molecule has 0 atom stereocenters. The molecule has 9 nitrogen and oxygen atoms in total. The van der Waals surface area contributed by atoms with E-state index in [-0.39, 0.29) is 62.8 Å². The summed E-state index contributed by atoms with van der Waals surface area (Å²) in [6, 6.07) is 4.62. The monoisotopic (exact) mass is 281 g/mol. The van der Waals surface area contributed by atoms with E-state index in [1.165, 1.54) is 12.1 Å². The number of amides is 1. The molecule has 0 heterocycles. The van der Waals surface area contributed by atoms with Gasteiger partial charge in [0.15, 0.2) is 0 Å². The molecule has 0 radical (unpaired) electrons. The van der Waals surface area contributed by atoms with Crippen LogP contribution in [-0.2, 0) is 4.74 Å². The van der Waals surface area contributed by atoms with Crippen LogP contribution < -0.4 is 16.0 Å². The van der Waals surface area contributed by atoms with Gasteiger partial charge in [0.25, 0.3) is 5.69 Å². The molecule has 0 aromatic heterocycles. The number of carbonyl (C=O) groups excluding carboxylic acids is 2. The molecule has 0 fully saturated rings. The number of benzene rings is 1. The number of carbonyl (C=O) groups is 2. The van der Waals surface area contributed by atoms with Crippen molar-refractivity contribution in [2.24, 2.45) is 5.84 Å². The van der Waals surface area contributed by atoms with Gasteiger partial charge in [0.2, 0.25) is 0 Å². The Morgan fingerprint density at radius 1 is 1.28 bits per heavy atom. The molecule has 0 saturated heterocycles. The molecule has 1 rings (SSSR count). The van der Waals surface area contributed by atoms with Crippen molar-refractivity contribution >= 4 is 69.3 Å². The van der Waals surface area contributed by atoms with Gasteiger partial charge in [0.05, 0.1) is 4.92 Å². The van der Waals surface area contributed by atoms with Crippen LogP contribution in [0.2, 0.25) is 0 Å². The summed E-state index contributed by atoms with van der Waals surface area (Å²) in [7, 11) is 0. The Labute approximate surface area is 143 Å². The van der Waals surface area contributed by atoms with E-state index in [1.54, 1.807) is 5.43 Å². The number of hydrazine groups is 1. The van der Waals surface area contributed by atoms with E-state index in [0.29, 0.717) is 0 Å². The van der Waals surface area contributed by atoms with Crippen LogP contribution in [0.4, 0.5) is 15.3 Å². The van der Waals surface area contributed by atoms with Crippen molar-refractivity contribution < 1.29 is 24.0 Å². The van der Waals surface area contributed by atoms with E-state index in [1.807, 2.05) is 0 Å². The van der Waals surface area contributed by atoms with Gasteiger partial charge in [-0.3, -0.25) is 15.5 Å². The molecule has 18 heavy (non-hydrogen) atoms. The van der Waals surface area contributed by atoms with Gasteiger partial charge in [-0.05, 0) is 12.1 Å². The number of hydrogen-bond acceptors (Lipinski definition) is 7. The fraction of sp³-hybridized carbons (Fsp3) is 0. The summed E-state index contributed by atoms with van der Waals surface area (Å²) in [5, 5.41) is 10.3. The van der Waals surface area contributed by atoms with Crippen LogP contribution in [0.15, 0.2) is 24.3 Å². The molecule has 0 saturated carbocycles. The summed E-state index contributed by atoms with van der Waals surface area (Å²) in [6.07, 6.45) is -2.49. The number of ether oxygens (including phenoxy) is 2. The van der Waals surface area contributed by atoms with Gasteiger partial charge in [-0.1, -0.05) is 0 Å². The third-order valence-corrected chi connectivity index (χ3v) is 1.54. The van der Waals surface area contributed by atoms with Crippen LogP contribution in [0, 0.1) is 10.1 Å². The van der Waals surface area contributed by atoms with E-state index in [4.69, 9.17) is 0 Å². The number of nitrogens with zero attached hydrogens (tertiary/aromatic N) is 1. The van der Waals surface area contributed by atoms with Gasteiger partial charge >= 0.3 is 63.6 Å². The van der Waals surface area contributed by atoms with Crippen molar-refractivity contribution in [1.29, 1.82) is 0 Å². The Bertz CT molecular complexity index is 449. The minimum atomic E-state index is -1.30. The molecule has 10 heteroatoms. The van der Waals surface area contributed by atoms with E-state index >= 15 is 0 Å². The van der Waals surface area contributed by atoms with Crippen LogP contribution in [0.3, 0.4) is 0 Å². The molecule has 1 aromatic rings. The fourth-order valence-electron chi connectivity index (χ4n) is 0.858. The summed E-state index contributed by atoms with van der Waals surface area (Å²) in [6.45, 7) is 0. The van der Waals surface area contributed by atoms with Crippen molar-refractivity contribution in [3.8, 4) is 5.75 Å². The summed E-state index contributed by atoms with van der Waals surface area (Å²) < 4.78 is 8.53. The number of hydrogen-bond donors (Lipinski definition) is 2. The molecule has 0 bridgehead atoms. The fourth-order valence-corrected chi connectivity index (χ4v) is 0.858. The van der Waals surface area contributed by atoms with E-state index < -0.39 is 17.2 Å². The van der Waals surface area contributed by atoms with Gasteiger partial charge in [0, 0.05) is 12.1 Å². The Balaban J connectivity index is 0.00000289. The Morgan fingerprint density at radius 3 is 2.28 bits per heavy atom. The van der Waals surface area contributed by atoms with Gasteiger partial charge in [-0.2, -0.15) is 0 Å². The number of nitrogens with two attached hydrogens (primary N) is 1. The quantitative estimate of drug-likeness (QED) is 0.114. The summed E-state index contributed by atoms with van der Waals surface area (Å²) in [5.74, 6) is 4.65. The Hall–Kier alpha value is -1.04. The molecule has 3 N–H and O–H groups in total. The van der Waals surface area contributed by atoms with Crippen molar-refractivity contribution in [3.63, 3.8) is 0 Å². The molecule has 1 amide bonds. The van der Waals surface area contributed by atoms with Crippen LogP contribution >= 0.6 is 0 Å². The zero-order chi connectivity index (χ0) is 12.8. The normalized spacial score (nSPS) is 8.72. The SMILES string of the molecule is NNC(=O)OC(=O)Oc1ccc([N+](=O)[O-])cc1.[KH]. The van der Waals surface area contributed by atoms with E-state index in [9.17, 15) is 19.7 Å². The molecule has 0 aliphatic carbocycles. The van der Waals surface area contributed by atoms with Crippen molar-refractivity contribution in [2.75, 3.05) is 0 Å². The standard InChI is InChI=1S/C8H7N3O6.K.H/c9-10-7(12)17-8(13)16-6-3-1-5(2-4-6)11(14)15;;/h1-4H,9H2,(H,10,12);;. The second-order valence-corrected chi connectivity index (χ2v) is 2.64. The van der Waals surface area contributed by atoms with Crippen LogP contribution in [0.1, 0.15) is 0 Å². The predicted molar refractivity (Wildman–Crippen MR) is 60.1 cm³/mol. The van der Waals surface area contributed by atoms with Gasteiger partial charge in [-0.25, -0.2) is 15.4 Å². The first kappa shape index (κ1) is 17.0. The topological polar surface area (TPSA) is 134 Å². The molecule has 0 aliphatic heterocycles. The Morgan fingerprint density at radius 2 is 1.83 bits per heavy atom. The van der Waals surface area contributed by atoms with Crippen molar-refractivity contribution in [3.05, 3.63) is 34.4 Å². The molecule has 0 spiro atoms. The first-order valence-corrected chi connectivity index (χ1v) is 4.17. The van der Waals surface area contributed by atoms with Gasteiger partial charge in [0.1, 0.15) is 5.75 Å². The van der Waals surface area contributed by atoms with E-state index in [0.717, 1.165) is 12.1 Å². The van der Waals surface area contributed by atoms with Crippen LogP contribution in [0.25, 0.3) is 0 Å². The number of nitrogens with one attached hydrogen (secondary N) is 1. The summed E-state index contributed by atoms with van der Waals surface area (Å²) >= 11 is 0. The average Bonchev–Trinajstić information content (AvgIpc) is 2.29. The van der Waals surface area contributed by atoms with Crippen molar-refractivity contribution in [2.45, 2.75) is 0 Å². The molecule has 0 unspecified atom stereocenters. The van der Waals surface area contributed by atoms with Gasteiger partial charge in [-0.15, -0.1) is 0 Å². The zero-order valence-corrected chi connectivity index (χ0v) is 8.28. The predicted octanol–water partition coefficient (Wildman–Crippen LogP) is 0.0450. The molecule has 1 aromatic carbocycles. The van der Waals surface area contributed by atoms with Crippen LogP contribution in [-0.4, -0.2) is 68.6 Å². The number of non-ortho nitro benzene ring substituents is 1. The number of nitro benzene ring substituents is 1. The van der Waals surface area contributed by atoms with Crippen molar-refractivity contribution in [1.82, 2.24) is 5.43 Å². The average molecular weight is 281 g/mol. The third-order valence-electron chi connectivity index (χ3n) is 1.54. The molecular weight excluding hydrogens is 273 g/mol.